The van der Waals surface area contributed by atoms with Gasteiger partial charge in [0.05, 0.1) is 0 Å². The van der Waals surface area contributed by atoms with E-state index in [0.717, 1.165) is 77.0 Å². The second-order valence-corrected chi connectivity index (χ2v) is 15.7. The van der Waals surface area contributed by atoms with Gasteiger partial charge in [-0.1, -0.05) is 186 Å². The average molecular weight is 761 g/mol. The van der Waals surface area contributed by atoms with Gasteiger partial charge in [-0.2, -0.15) is 0 Å². The fraction of sp³-hybridized carbons (Fsp3) is 0.854. The van der Waals surface area contributed by atoms with E-state index in [9.17, 15) is 14.4 Å². The molecule has 0 rings (SSSR count). The standard InChI is InChI=1S/C48H88O6/c1-4-7-10-13-16-19-21-22-23-24-25-26-27-28-30-32-35-38-41-47(50)53-44-45(43-52-46(49)40-37-34-31-18-15-12-9-6-3)54-48(51)42-39-36-33-29-20-17-14-11-8-5-2/h11,14,23-24,45H,4-10,12-13,15-22,25-44H2,1-3H3/b14-11-,24-23-. The van der Waals surface area contributed by atoms with Gasteiger partial charge in [0.1, 0.15) is 13.2 Å². The maximum absolute atomic E-state index is 12.7. The maximum atomic E-state index is 12.7. The highest BCUT2D eigenvalue weighted by Gasteiger charge is 2.19. The van der Waals surface area contributed by atoms with Gasteiger partial charge in [-0.15, -0.1) is 0 Å². The predicted molar refractivity (Wildman–Crippen MR) is 229 cm³/mol. The molecular weight excluding hydrogens is 673 g/mol. The lowest BCUT2D eigenvalue weighted by atomic mass is 10.1. The van der Waals surface area contributed by atoms with Gasteiger partial charge in [0.25, 0.3) is 0 Å². The Labute approximate surface area is 334 Å². The van der Waals surface area contributed by atoms with Gasteiger partial charge < -0.3 is 14.2 Å². The molecular formula is C48H88O6. The predicted octanol–water partition coefficient (Wildman–Crippen LogP) is 14.8. The van der Waals surface area contributed by atoms with Crippen molar-refractivity contribution in [2.75, 3.05) is 13.2 Å². The lowest BCUT2D eigenvalue weighted by molar-refractivity contribution is -0.167. The Hall–Kier alpha value is -2.11. The highest BCUT2D eigenvalue weighted by Crippen LogP contribution is 2.14. The van der Waals surface area contributed by atoms with Crippen LogP contribution in [0.25, 0.3) is 0 Å². The lowest BCUT2D eigenvalue weighted by Crippen LogP contribution is -2.30. The summed E-state index contributed by atoms with van der Waals surface area (Å²) in [6, 6.07) is 0. The number of esters is 3. The van der Waals surface area contributed by atoms with Gasteiger partial charge in [-0.25, -0.2) is 0 Å². The Kier molecular flexibility index (Phi) is 41.9. The summed E-state index contributed by atoms with van der Waals surface area (Å²) >= 11 is 0. The molecule has 6 nitrogen and oxygen atoms in total. The topological polar surface area (TPSA) is 78.9 Å². The molecule has 0 aromatic rings. The summed E-state index contributed by atoms with van der Waals surface area (Å²) in [5.74, 6) is -0.889. The minimum absolute atomic E-state index is 0.0740. The maximum Gasteiger partial charge on any atom is 0.306 e. The van der Waals surface area contributed by atoms with E-state index in [-0.39, 0.29) is 31.1 Å². The highest BCUT2D eigenvalue weighted by atomic mass is 16.6. The van der Waals surface area contributed by atoms with Crippen molar-refractivity contribution in [2.45, 2.75) is 252 Å². The number of rotatable bonds is 42. The molecule has 0 aliphatic rings. The van der Waals surface area contributed by atoms with Crippen LogP contribution in [0, 0.1) is 0 Å². The van der Waals surface area contributed by atoms with E-state index in [1.807, 2.05) is 0 Å². The Morgan fingerprint density at radius 1 is 0.352 bits per heavy atom. The molecule has 0 aromatic carbocycles. The first kappa shape index (κ1) is 51.9. The van der Waals surface area contributed by atoms with Crippen LogP contribution in [0.5, 0.6) is 0 Å². The van der Waals surface area contributed by atoms with Crippen LogP contribution in [0.1, 0.15) is 245 Å². The van der Waals surface area contributed by atoms with Crippen molar-refractivity contribution in [1.29, 1.82) is 0 Å². The van der Waals surface area contributed by atoms with Crippen LogP contribution in [-0.2, 0) is 28.6 Å². The Balaban J connectivity index is 4.24. The fourth-order valence-electron chi connectivity index (χ4n) is 6.61. The summed E-state index contributed by atoms with van der Waals surface area (Å²) in [7, 11) is 0. The van der Waals surface area contributed by atoms with Crippen LogP contribution in [0.2, 0.25) is 0 Å². The smallest absolute Gasteiger partial charge is 0.306 e. The number of ether oxygens (including phenoxy) is 3. The number of carbonyl (C=O) groups is 3. The van der Waals surface area contributed by atoms with Gasteiger partial charge >= 0.3 is 17.9 Å². The molecule has 0 amide bonds. The zero-order chi connectivity index (χ0) is 39.4. The molecule has 0 aromatic heterocycles. The van der Waals surface area contributed by atoms with Crippen molar-refractivity contribution < 1.29 is 28.6 Å². The quantitative estimate of drug-likeness (QED) is 0.0267. The van der Waals surface area contributed by atoms with E-state index in [2.05, 4.69) is 45.1 Å². The molecule has 0 aliphatic heterocycles. The van der Waals surface area contributed by atoms with E-state index < -0.39 is 6.10 Å². The van der Waals surface area contributed by atoms with Gasteiger partial charge in [0.15, 0.2) is 6.10 Å². The van der Waals surface area contributed by atoms with E-state index >= 15 is 0 Å². The van der Waals surface area contributed by atoms with Crippen molar-refractivity contribution in [3.63, 3.8) is 0 Å². The van der Waals surface area contributed by atoms with E-state index in [1.54, 1.807) is 0 Å². The first-order chi connectivity index (χ1) is 26.5. The minimum Gasteiger partial charge on any atom is -0.462 e. The molecule has 0 spiro atoms. The summed E-state index contributed by atoms with van der Waals surface area (Å²) in [6.07, 6.45) is 47.4. The number of hydrogen-bond donors (Lipinski definition) is 0. The van der Waals surface area contributed by atoms with Gasteiger partial charge in [0, 0.05) is 19.3 Å². The lowest BCUT2D eigenvalue weighted by Gasteiger charge is -2.18. The van der Waals surface area contributed by atoms with Crippen LogP contribution < -0.4 is 0 Å². The molecule has 0 fully saturated rings. The van der Waals surface area contributed by atoms with Crippen molar-refractivity contribution >= 4 is 17.9 Å². The molecule has 54 heavy (non-hydrogen) atoms. The molecule has 316 valence electrons. The van der Waals surface area contributed by atoms with E-state index in [0.29, 0.717) is 19.3 Å². The third-order valence-electron chi connectivity index (χ3n) is 10.2. The van der Waals surface area contributed by atoms with Crippen LogP contribution in [0.15, 0.2) is 24.3 Å². The molecule has 6 heteroatoms. The number of hydrogen-bond acceptors (Lipinski definition) is 6. The normalized spacial score (nSPS) is 12.1. The Bertz CT molecular complexity index is 880. The van der Waals surface area contributed by atoms with Gasteiger partial charge in [0.2, 0.25) is 0 Å². The average Bonchev–Trinajstić information content (AvgIpc) is 3.17. The fourth-order valence-corrected chi connectivity index (χ4v) is 6.61. The number of carbonyl (C=O) groups excluding carboxylic acids is 3. The van der Waals surface area contributed by atoms with Gasteiger partial charge in [-0.3, -0.25) is 14.4 Å². The van der Waals surface area contributed by atoms with Crippen molar-refractivity contribution in [3.05, 3.63) is 24.3 Å². The third-order valence-corrected chi connectivity index (χ3v) is 10.2. The van der Waals surface area contributed by atoms with Crippen LogP contribution in [0.4, 0.5) is 0 Å². The second kappa shape index (κ2) is 43.6. The van der Waals surface area contributed by atoms with E-state index in [1.165, 1.54) is 128 Å². The molecule has 0 N–H and O–H groups in total. The largest absolute Gasteiger partial charge is 0.462 e. The number of allylic oxidation sites excluding steroid dienone is 4. The zero-order valence-corrected chi connectivity index (χ0v) is 36.0. The summed E-state index contributed by atoms with van der Waals surface area (Å²) < 4.78 is 16.7. The highest BCUT2D eigenvalue weighted by molar-refractivity contribution is 5.71. The first-order valence-corrected chi connectivity index (χ1v) is 23.3. The molecule has 0 saturated carbocycles. The van der Waals surface area contributed by atoms with Gasteiger partial charge in [-0.05, 0) is 64.2 Å². The molecule has 1 unspecified atom stereocenters. The van der Waals surface area contributed by atoms with Crippen molar-refractivity contribution in [1.82, 2.24) is 0 Å². The third kappa shape index (κ3) is 41.1. The van der Waals surface area contributed by atoms with Crippen LogP contribution in [0.3, 0.4) is 0 Å². The SMILES string of the molecule is CCC/C=C\CCCCCCCC(=O)OC(COC(=O)CCCCCCCCCC)COC(=O)CCCCCCCCC/C=C\CCCCCCCCC. The minimum atomic E-state index is -0.769. The molecule has 0 heterocycles. The monoisotopic (exact) mass is 761 g/mol. The van der Waals surface area contributed by atoms with Crippen LogP contribution in [-0.4, -0.2) is 37.2 Å². The molecule has 0 radical (unpaired) electrons. The van der Waals surface area contributed by atoms with Crippen molar-refractivity contribution in [3.8, 4) is 0 Å². The summed E-state index contributed by atoms with van der Waals surface area (Å²) in [4.78, 5) is 37.6. The van der Waals surface area contributed by atoms with E-state index in [4.69, 9.17) is 14.2 Å². The summed E-state index contributed by atoms with van der Waals surface area (Å²) in [5.41, 5.74) is 0. The second-order valence-electron chi connectivity index (χ2n) is 15.7. The van der Waals surface area contributed by atoms with Crippen molar-refractivity contribution in [2.24, 2.45) is 0 Å². The zero-order valence-electron chi connectivity index (χ0n) is 36.0. The number of unbranched alkanes of at least 4 members (excludes halogenated alkanes) is 27. The molecule has 1 atom stereocenters. The molecule has 0 bridgehead atoms. The molecule has 0 saturated heterocycles. The Morgan fingerprint density at radius 3 is 1.00 bits per heavy atom. The Morgan fingerprint density at radius 2 is 0.648 bits per heavy atom. The summed E-state index contributed by atoms with van der Waals surface area (Å²) in [6.45, 7) is 6.54. The molecule has 0 aliphatic carbocycles. The first-order valence-electron chi connectivity index (χ1n) is 23.3. The van der Waals surface area contributed by atoms with Crippen LogP contribution >= 0.6 is 0 Å². The summed E-state index contributed by atoms with van der Waals surface area (Å²) in [5, 5.41) is 0.